The van der Waals surface area contributed by atoms with Crippen LogP contribution in [0.25, 0.3) is 0 Å². The standard InChI is InChI=1S/C19H28N4O3/c1-4-13(2)10-22-12-17-21(11-15-5-6-16(24)20-9-15)8-7-18(25)23(17)14(3)19(22)26/h5-6,9,13-14,17H,4,7-8,10-12H2,1-3H3,(H,20,24)/t13?,14-,17?/m0/s1. The van der Waals surface area contributed by atoms with Crippen molar-refractivity contribution in [3.05, 3.63) is 23.9 Å². The van der Waals surface area contributed by atoms with Crippen molar-refractivity contribution < 1.29 is 14.7 Å². The van der Waals surface area contributed by atoms with Gasteiger partial charge in [-0.05, 0) is 18.4 Å². The predicted molar refractivity (Wildman–Crippen MR) is 97.1 cm³/mol. The minimum atomic E-state index is -0.425. The zero-order chi connectivity index (χ0) is 18.8. The minimum absolute atomic E-state index is 0.000752. The molecule has 1 aromatic heterocycles. The Labute approximate surface area is 154 Å². The second-order valence-corrected chi connectivity index (χ2v) is 7.46. The molecule has 1 aromatic rings. The Morgan fingerprint density at radius 3 is 2.77 bits per heavy atom. The summed E-state index contributed by atoms with van der Waals surface area (Å²) in [6.45, 7) is 8.69. The van der Waals surface area contributed by atoms with Crippen LogP contribution in [-0.4, -0.2) is 68.4 Å². The molecular formula is C19H28N4O3. The second kappa shape index (κ2) is 7.61. The summed E-state index contributed by atoms with van der Waals surface area (Å²) < 4.78 is 0. The number of fused-ring (bicyclic) bond motifs is 1. The summed E-state index contributed by atoms with van der Waals surface area (Å²) in [5.74, 6) is 0.537. The van der Waals surface area contributed by atoms with Gasteiger partial charge in [-0.1, -0.05) is 26.3 Å². The van der Waals surface area contributed by atoms with E-state index in [4.69, 9.17) is 0 Å². The number of pyridine rings is 1. The van der Waals surface area contributed by atoms with Crippen molar-refractivity contribution in [2.75, 3.05) is 19.6 Å². The fourth-order valence-corrected chi connectivity index (χ4v) is 3.81. The molecule has 2 saturated heterocycles. The quantitative estimate of drug-likeness (QED) is 0.859. The van der Waals surface area contributed by atoms with Crippen LogP contribution in [0.3, 0.4) is 0 Å². The van der Waals surface area contributed by atoms with Crippen molar-refractivity contribution in [2.45, 2.75) is 52.4 Å². The highest BCUT2D eigenvalue weighted by Gasteiger charge is 2.45. The van der Waals surface area contributed by atoms with E-state index in [0.29, 0.717) is 32.0 Å². The molecule has 142 valence electrons. The first-order valence-corrected chi connectivity index (χ1v) is 9.38. The maximum atomic E-state index is 12.8. The molecule has 0 spiro atoms. The lowest BCUT2D eigenvalue weighted by Crippen LogP contribution is -2.69. The van der Waals surface area contributed by atoms with Crippen LogP contribution >= 0.6 is 0 Å². The maximum absolute atomic E-state index is 12.8. The molecule has 2 unspecified atom stereocenters. The summed E-state index contributed by atoms with van der Waals surface area (Å²) in [5.41, 5.74) is 0.982. The van der Waals surface area contributed by atoms with E-state index >= 15 is 0 Å². The van der Waals surface area contributed by atoms with Crippen molar-refractivity contribution >= 4 is 11.8 Å². The normalized spacial score (nSPS) is 25.3. The summed E-state index contributed by atoms with van der Waals surface area (Å²) in [6.07, 6.45) is 2.99. The number of carbonyl (C=O) groups is 2. The number of rotatable bonds is 5. The highest BCUT2D eigenvalue weighted by atomic mass is 16.3. The van der Waals surface area contributed by atoms with Gasteiger partial charge in [0.2, 0.25) is 17.7 Å². The Bertz CT molecular complexity index is 663. The fraction of sp³-hybridized carbons (Fsp3) is 0.632. The molecule has 0 aromatic carbocycles. The highest BCUT2D eigenvalue weighted by Crippen LogP contribution is 2.27. The van der Waals surface area contributed by atoms with Gasteiger partial charge >= 0.3 is 0 Å². The van der Waals surface area contributed by atoms with Gasteiger partial charge in [0, 0.05) is 38.3 Å². The molecule has 3 rings (SSSR count). The Balaban J connectivity index is 1.80. The molecule has 2 aliphatic rings. The van der Waals surface area contributed by atoms with Crippen LogP contribution < -0.4 is 0 Å². The lowest BCUT2D eigenvalue weighted by atomic mass is 10.0. The van der Waals surface area contributed by atoms with E-state index in [0.717, 1.165) is 18.5 Å². The van der Waals surface area contributed by atoms with Gasteiger partial charge in [-0.25, -0.2) is 4.98 Å². The number of nitrogens with zero attached hydrogens (tertiary/aromatic N) is 4. The van der Waals surface area contributed by atoms with E-state index in [1.165, 1.54) is 0 Å². The zero-order valence-electron chi connectivity index (χ0n) is 15.8. The summed E-state index contributed by atoms with van der Waals surface area (Å²) in [4.78, 5) is 35.1. The van der Waals surface area contributed by atoms with Crippen LogP contribution in [0.15, 0.2) is 18.3 Å². The fourth-order valence-electron chi connectivity index (χ4n) is 3.81. The molecular weight excluding hydrogens is 332 g/mol. The Morgan fingerprint density at radius 1 is 1.35 bits per heavy atom. The summed E-state index contributed by atoms with van der Waals surface area (Å²) in [6, 6.07) is 2.99. The van der Waals surface area contributed by atoms with Crippen LogP contribution in [0.5, 0.6) is 5.88 Å². The zero-order valence-corrected chi connectivity index (χ0v) is 15.8. The molecule has 3 atom stereocenters. The minimum Gasteiger partial charge on any atom is -0.493 e. The number of hydrogen-bond donors (Lipinski definition) is 1. The van der Waals surface area contributed by atoms with Crippen molar-refractivity contribution in [1.82, 2.24) is 19.7 Å². The Hall–Kier alpha value is -2.15. The average Bonchev–Trinajstić information content (AvgIpc) is 2.63. The molecule has 26 heavy (non-hydrogen) atoms. The molecule has 0 aliphatic carbocycles. The van der Waals surface area contributed by atoms with Gasteiger partial charge in [-0.2, -0.15) is 0 Å². The number of hydrogen-bond acceptors (Lipinski definition) is 5. The second-order valence-electron chi connectivity index (χ2n) is 7.46. The molecule has 2 aliphatic heterocycles. The van der Waals surface area contributed by atoms with Crippen LogP contribution in [0.2, 0.25) is 0 Å². The van der Waals surface area contributed by atoms with E-state index < -0.39 is 6.04 Å². The summed E-state index contributed by atoms with van der Waals surface area (Å²) >= 11 is 0. The van der Waals surface area contributed by atoms with E-state index in [2.05, 4.69) is 23.7 Å². The topological polar surface area (TPSA) is 77.0 Å². The third kappa shape index (κ3) is 3.67. The van der Waals surface area contributed by atoms with Crippen molar-refractivity contribution in [3.8, 4) is 5.88 Å². The van der Waals surface area contributed by atoms with E-state index in [-0.39, 0.29) is 23.9 Å². The van der Waals surface area contributed by atoms with Gasteiger partial charge in [0.1, 0.15) is 12.2 Å². The number of piperazine rings is 1. The van der Waals surface area contributed by atoms with Gasteiger partial charge < -0.3 is 14.9 Å². The van der Waals surface area contributed by atoms with Crippen LogP contribution in [0.4, 0.5) is 0 Å². The predicted octanol–water partition coefficient (Wildman–Crippen LogP) is 1.42. The third-order valence-electron chi connectivity index (χ3n) is 5.54. The maximum Gasteiger partial charge on any atom is 0.245 e. The molecule has 7 nitrogen and oxygen atoms in total. The molecule has 1 N–H and O–H groups in total. The highest BCUT2D eigenvalue weighted by molar-refractivity contribution is 5.89. The molecule has 0 saturated carbocycles. The number of carbonyl (C=O) groups excluding carboxylic acids is 2. The molecule has 2 amide bonds. The third-order valence-corrected chi connectivity index (χ3v) is 5.54. The van der Waals surface area contributed by atoms with E-state index in [1.54, 1.807) is 17.2 Å². The molecule has 0 bridgehead atoms. The van der Waals surface area contributed by atoms with E-state index in [9.17, 15) is 14.7 Å². The summed E-state index contributed by atoms with van der Waals surface area (Å²) in [5, 5.41) is 9.37. The van der Waals surface area contributed by atoms with E-state index in [1.807, 2.05) is 17.9 Å². The molecule has 2 fully saturated rings. The molecule has 7 heteroatoms. The first-order valence-electron chi connectivity index (χ1n) is 9.38. The number of amides is 2. The smallest absolute Gasteiger partial charge is 0.245 e. The molecule has 0 radical (unpaired) electrons. The van der Waals surface area contributed by atoms with Crippen molar-refractivity contribution in [3.63, 3.8) is 0 Å². The monoisotopic (exact) mass is 360 g/mol. The first kappa shape index (κ1) is 18.6. The average molecular weight is 360 g/mol. The summed E-state index contributed by atoms with van der Waals surface area (Å²) in [7, 11) is 0. The lowest BCUT2D eigenvalue weighted by molar-refractivity contribution is -0.169. The van der Waals surface area contributed by atoms with Crippen molar-refractivity contribution in [2.24, 2.45) is 5.92 Å². The van der Waals surface area contributed by atoms with Gasteiger partial charge in [0.25, 0.3) is 0 Å². The Morgan fingerprint density at radius 2 is 2.12 bits per heavy atom. The first-order chi connectivity index (χ1) is 12.4. The van der Waals surface area contributed by atoms with Crippen LogP contribution in [0, 0.1) is 5.92 Å². The SMILES string of the molecule is CCC(C)CN1CC2N(Cc3ccc(O)nc3)CCC(=O)N2[C@@H](C)C1=O. The molecule has 3 heterocycles. The number of aromatic hydroxyl groups is 1. The van der Waals surface area contributed by atoms with Gasteiger partial charge in [0.05, 0.1) is 6.54 Å². The van der Waals surface area contributed by atoms with Gasteiger partial charge in [0.15, 0.2) is 0 Å². The van der Waals surface area contributed by atoms with Crippen LogP contribution in [0.1, 0.15) is 39.2 Å². The largest absolute Gasteiger partial charge is 0.493 e. The van der Waals surface area contributed by atoms with Crippen molar-refractivity contribution in [1.29, 1.82) is 0 Å². The Kier molecular flexibility index (Phi) is 5.46. The van der Waals surface area contributed by atoms with Crippen LogP contribution in [-0.2, 0) is 16.1 Å². The van der Waals surface area contributed by atoms with Gasteiger partial charge in [-0.3, -0.25) is 14.5 Å². The number of aromatic nitrogens is 1. The lowest BCUT2D eigenvalue weighted by Gasteiger charge is -2.52. The van der Waals surface area contributed by atoms with Gasteiger partial charge in [-0.15, -0.1) is 0 Å².